The van der Waals surface area contributed by atoms with Crippen LogP contribution in [0.4, 0.5) is 0 Å². The third kappa shape index (κ3) is 2.87. The summed E-state index contributed by atoms with van der Waals surface area (Å²) in [7, 11) is 0. The number of aryl methyl sites for hydroxylation is 2. The Morgan fingerprint density at radius 1 is 1.42 bits per heavy atom. The summed E-state index contributed by atoms with van der Waals surface area (Å²) in [6.07, 6.45) is 3.30. The summed E-state index contributed by atoms with van der Waals surface area (Å²) in [5.74, 6) is -0.401. The maximum absolute atomic E-state index is 11.6. The average molecular weight is 323 g/mol. The van der Waals surface area contributed by atoms with Crippen LogP contribution in [-0.2, 0) is 4.74 Å². The highest BCUT2D eigenvalue weighted by molar-refractivity contribution is 9.10. The van der Waals surface area contributed by atoms with E-state index in [1.54, 1.807) is 19.4 Å². The summed E-state index contributed by atoms with van der Waals surface area (Å²) < 4.78 is 7.72. The number of aromatic nitrogens is 2. The van der Waals surface area contributed by atoms with Crippen LogP contribution in [0, 0.1) is 13.8 Å². The van der Waals surface area contributed by atoms with Crippen molar-refractivity contribution in [1.29, 1.82) is 0 Å². The zero-order valence-electron chi connectivity index (χ0n) is 11.1. The first-order chi connectivity index (χ1) is 9.02. The van der Waals surface area contributed by atoms with E-state index < -0.39 is 5.97 Å². The van der Waals surface area contributed by atoms with Crippen LogP contribution in [0.2, 0.25) is 0 Å². The Labute approximate surface area is 120 Å². The number of hydrogen-bond donors (Lipinski definition) is 0. The second kappa shape index (κ2) is 5.57. The van der Waals surface area contributed by atoms with E-state index in [-0.39, 0.29) is 0 Å². The molecule has 0 amide bonds. The van der Waals surface area contributed by atoms with Crippen LogP contribution in [0.15, 0.2) is 29.1 Å². The number of benzene rings is 1. The minimum Gasteiger partial charge on any atom is -0.461 e. The van der Waals surface area contributed by atoms with Crippen LogP contribution >= 0.6 is 15.9 Å². The lowest BCUT2D eigenvalue weighted by atomic mass is 10.1. The average Bonchev–Trinajstić information content (AvgIpc) is 2.77. The van der Waals surface area contributed by atoms with Crippen LogP contribution < -0.4 is 0 Å². The Morgan fingerprint density at radius 2 is 2.16 bits per heavy atom. The number of ether oxygens (including phenoxy) is 1. The maximum Gasteiger partial charge on any atom is 0.358 e. The third-order valence-electron chi connectivity index (χ3n) is 2.72. The van der Waals surface area contributed by atoms with Gasteiger partial charge in [0.25, 0.3) is 0 Å². The summed E-state index contributed by atoms with van der Waals surface area (Å²) in [4.78, 5) is 15.7. The predicted molar refractivity (Wildman–Crippen MR) is 76.7 cm³/mol. The van der Waals surface area contributed by atoms with E-state index in [1.807, 2.05) is 24.5 Å². The van der Waals surface area contributed by atoms with Gasteiger partial charge in [0.2, 0.25) is 0 Å². The number of esters is 1. The Morgan fingerprint density at radius 3 is 2.79 bits per heavy atom. The minimum absolute atomic E-state index is 0.314. The van der Waals surface area contributed by atoms with Crippen molar-refractivity contribution in [3.8, 4) is 5.69 Å². The molecule has 0 aliphatic heterocycles. The fourth-order valence-corrected chi connectivity index (χ4v) is 2.87. The van der Waals surface area contributed by atoms with Crippen molar-refractivity contribution in [2.45, 2.75) is 20.8 Å². The molecule has 0 saturated heterocycles. The van der Waals surface area contributed by atoms with Crippen LogP contribution in [0.5, 0.6) is 0 Å². The number of carbonyl (C=O) groups is 1. The number of halogens is 1. The van der Waals surface area contributed by atoms with Gasteiger partial charge in [-0.3, -0.25) is 0 Å². The molecule has 1 heterocycles. The monoisotopic (exact) mass is 322 g/mol. The van der Waals surface area contributed by atoms with Crippen LogP contribution in [0.1, 0.15) is 28.5 Å². The fraction of sp³-hybridized carbons (Fsp3) is 0.286. The van der Waals surface area contributed by atoms with Gasteiger partial charge in [-0.15, -0.1) is 0 Å². The summed E-state index contributed by atoms with van der Waals surface area (Å²) in [6.45, 7) is 6.19. The molecule has 1 aromatic carbocycles. The molecule has 0 bridgehead atoms. The quantitative estimate of drug-likeness (QED) is 0.813. The Bertz CT molecular complexity index is 597. The number of rotatable bonds is 3. The van der Waals surface area contributed by atoms with E-state index in [4.69, 9.17) is 4.74 Å². The first-order valence-corrected chi connectivity index (χ1v) is 6.80. The molecule has 0 N–H and O–H groups in total. The second-order valence-electron chi connectivity index (χ2n) is 4.30. The van der Waals surface area contributed by atoms with Crippen molar-refractivity contribution in [3.05, 3.63) is 46.0 Å². The van der Waals surface area contributed by atoms with Gasteiger partial charge in [-0.25, -0.2) is 9.78 Å². The molecule has 0 fully saturated rings. The third-order valence-corrected chi connectivity index (χ3v) is 3.33. The first-order valence-electron chi connectivity index (χ1n) is 6.01. The normalized spacial score (nSPS) is 10.5. The summed E-state index contributed by atoms with van der Waals surface area (Å²) in [5.41, 5.74) is 3.58. The van der Waals surface area contributed by atoms with Gasteiger partial charge in [-0.05, 0) is 53.9 Å². The van der Waals surface area contributed by atoms with Gasteiger partial charge in [0.15, 0.2) is 5.69 Å². The SMILES string of the molecule is CCOC(=O)c1cn(-c2c(C)cc(C)cc2Br)cn1. The Balaban J connectivity index is 2.41. The molecule has 100 valence electrons. The van der Waals surface area contributed by atoms with Crippen molar-refractivity contribution in [1.82, 2.24) is 9.55 Å². The van der Waals surface area contributed by atoms with Gasteiger partial charge in [0.05, 0.1) is 12.3 Å². The lowest BCUT2D eigenvalue weighted by molar-refractivity contribution is 0.0520. The molecule has 2 rings (SSSR count). The molecule has 19 heavy (non-hydrogen) atoms. The van der Waals surface area contributed by atoms with Crippen molar-refractivity contribution >= 4 is 21.9 Å². The number of nitrogens with zero attached hydrogens (tertiary/aromatic N) is 2. The first kappa shape index (κ1) is 13.8. The molecule has 0 atom stereocenters. The molecule has 0 spiro atoms. The summed E-state index contributed by atoms with van der Waals surface area (Å²) >= 11 is 3.55. The Kier molecular flexibility index (Phi) is 4.04. The minimum atomic E-state index is -0.401. The zero-order valence-corrected chi connectivity index (χ0v) is 12.7. The molecular formula is C14H15BrN2O2. The van der Waals surface area contributed by atoms with Crippen LogP contribution in [0.25, 0.3) is 5.69 Å². The van der Waals surface area contributed by atoms with Gasteiger partial charge < -0.3 is 9.30 Å². The number of carbonyl (C=O) groups excluding carboxylic acids is 1. The topological polar surface area (TPSA) is 44.1 Å². The van der Waals surface area contributed by atoms with Crippen molar-refractivity contribution in [3.63, 3.8) is 0 Å². The summed E-state index contributed by atoms with van der Waals surface area (Å²) in [6, 6.07) is 4.12. The van der Waals surface area contributed by atoms with Gasteiger partial charge in [-0.1, -0.05) is 6.07 Å². The van der Waals surface area contributed by atoms with E-state index in [0.29, 0.717) is 12.3 Å². The van der Waals surface area contributed by atoms with Gasteiger partial charge in [0.1, 0.15) is 6.33 Å². The largest absolute Gasteiger partial charge is 0.461 e. The highest BCUT2D eigenvalue weighted by Gasteiger charge is 2.13. The van der Waals surface area contributed by atoms with Gasteiger partial charge >= 0.3 is 5.97 Å². The Hall–Kier alpha value is -1.62. The van der Waals surface area contributed by atoms with E-state index in [9.17, 15) is 4.79 Å². The number of imidazole rings is 1. The molecule has 0 unspecified atom stereocenters. The second-order valence-corrected chi connectivity index (χ2v) is 5.15. The van der Waals surface area contributed by atoms with E-state index in [2.05, 4.69) is 27.0 Å². The molecule has 0 aliphatic rings. The molecular weight excluding hydrogens is 308 g/mol. The van der Waals surface area contributed by atoms with Crippen molar-refractivity contribution in [2.24, 2.45) is 0 Å². The number of hydrogen-bond acceptors (Lipinski definition) is 3. The standard InChI is InChI=1S/C14H15BrN2O2/c1-4-19-14(18)12-7-17(8-16-12)13-10(3)5-9(2)6-11(13)15/h5-8H,4H2,1-3H3. The van der Waals surface area contributed by atoms with Crippen molar-refractivity contribution in [2.75, 3.05) is 6.61 Å². The van der Waals surface area contributed by atoms with Crippen molar-refractivity contribution < 1.29 is 9.53 Å². The highest BCUT2D eigenvalue weighted by atomic mass is 79.9. The maximum atomic E-state index is 11.6. The predicted octanol–water partition coefficient (Wildman–Crippen LogP) is 3.43. The van der Waals surface area contributed by atoms with Gasteiger partial charge in [0, 0.05) is 10.7 Å². The van der Waals surface area contributed by atoms with Gasteiger partial charge in [-0.2, -0.15) is 0 Å². The fourth-order valence-electron chi connectivity index (χ4n) is 1.99. The molecule has 0 saturated carbocycles. The molecule has 2 aromatic rings. The van der Waals surface area contributed by atoms with Crippen LogP contribution in [-0.4, -0.2) is 22.1 Å². The summed E-state index contributed by atoms with van der Waals surface area (Å²) in [5, 5.41) is 0. The molecule has 0 aliphatic carbocycles. The highest BCUT2D eigenvalue weighted by Crippen LogP contribution is 2.26. The molecule has 5 heteroatoms. The molecule has 1 aromatic heterocycles. The zero-order chi connectivity index (χ0) is 14.0. The van der Waals surface area contributed by atoms with E-state index in [0.717, 1.165) is 15.7 Å². The van der Waals surface area contributed by atoms with Crippen LogP contribution in [0.3, 0.4) is 0 Å². The lowest BCUT2D eigenvalue weighted by Crippen LogP contribution is -2.04. The lowest BCUT2D eigenvalue weighted by Gasteiger charge is -2.10. The molecule has 0 radical (unpaired) electrons. The van der Waals surface area contributed by atoms with E-state index >= 15 is 0 Å². The van der Waals surface area contributed by atoms with E-state index in [1.165, 1.54) is 5.56 Å². The smallest absolute Gasteiger partial charge is 0.358 e. The molecule has 4 nitrogen and oxygen atoms in total.